The van der Waals surface area contributed by atoms with Crippen LogP contribution in [-0.2, 0) is 0 Å². The van der Waals surface area contributed by atoms with Crippen molar-refractivity contribution >= 4 is 10.8 Å². The Morgan fingerprint density at radius 3 is 2.33 bits per heavy atom. The first-order chi connectivity index (χ1) is 5.79. The fourth-order valence-corrected chi connectivity index (χ4v) is 1.40. The highest BCUT2D eigenvalue weighted by atomic mass is 16.3. The fourth-order valence-electron chi connectivity index (χ4n) is 1.40. The molecule has 0 amide bonds. The van der Waals surface area contributed by atoms with E-state index in [0.717, 1.165) is 16.3 Å². The number of benzene rings is 2. The molecule has 0 spiro atoms. The Morgan fingerprint density at radius 1 is 1.00 bits per heavy atom. The summed E-state index contributed by atoms with van der Waals surface area (Å²) in [5.74, 6) is 0.304. The zero-order valence-electron chi connectivity index (χ0n) is 6.62. The third-order valence-electron chi connectivity index (χ3n) is 1.97. The van der Waals surface area contributed by atoms with Gasteiger partial charge in [-0.25, -0.2) is 0 Å². The maximum absolute atomic E-state index is 9.51. The van der Waals surface area contributed by atoms with Gasteiger partial charge in [0.25, 0.3) is 0 Å². The van der Waals surface area contributed by atoms with E-state index in [2.05, 4.69) is 6.92 Å². The van der Waals surface area contributed by atoms with Crippen molar-refractivity contribution in [3.8, 4) is 5.75 Å². The van der Waals surface area contributed by atoms with Gasteiger partial charge < -0.3 is 5.11 Å². The molecule has 0 saturated carbocycles. The van der Waals surface area contributed by atoms with Gasteiger partial charge in [-0.15, -0.1) is 0 Å². The van der Waals surface area contributed by atoms with Crippen LogP contribution in [0.5, 0.6) is 5.75 Å². The highest BCUT2D eigenvalue weighted by molar-refractivity contribution is 5.91. The van der Waals surface area contributed by atoms with Gasteiger partial charge in [0.15, 0.2) is 0 Å². The molecule has 1 heteroatoms. The molecule has 0 aliphatic heterocycles. The van der Waals surface area contributed by atoms with Crippen LogP contribution in [0, 0.1) is 6.92 Å². The molecule has 2 rings (SSSR count). The minimum Gasteiger partial charge on any atom is -0.507 e. The Morgan fingerprint density at radius 2 is 1.67 bits per heavy atom. The van der Waals surface area contributed by atoms with E-state index in [4.69, 9.17) is 0 Å². The Hall–Kier alpha value is -1.50. The SMILES string of the molecule is [CH2]c1cccc2cccc(O)c12. The van der Waals surface area contributed by atoms with Crippen LogP contribution in [0.25, 0.3) is 10.8 Å². The lowest BCUT2D eigenvalue weighted by Gasteiger charge is -2.02. The molecule has 1 N–H and O–H groups in total. The first kappa shape index (κ1) is 7.17. The molecule has 0 fully saturated rings. The zero-order valence-corrected chi connectivity index (χ0v) is 6.62. The van der Waals surface area contributed by atoms with Crippen LogP contribution in [-0.4, -0.2) is 5.11 Å². The van der Waals surface area contributed by atoms with Crippen LogP contribution in [0.1, 0.15) is 5.56 Å². The number of hydrogen-bond acceptors (Lipinski definition) is 1. The van der Waals surface area contributed by atoms with Crippen LogP contribution in [0.3, 0.4) is 0 Å². The molecule has 59 valence electrons. The predicted octanol–water partition coefficient (Wildman–Crippen LogP) is 2.73. The van der Waals surface area contributed by atoms with E-state index >= 15 is 0 Å². The molecule has 1 nitrogen and oxygen atoms in total. The number of aromatic hydroxyl groups is 1. The Balaban J connectivity index is 2.96. The van der Waals surface area contributed by atoms with E-state index in [9.17, 15) is 5.11 Å². The van der Waals surface area contributed by atoms with Crippen molar-refractivity contribution in [2.75, 3.05) is 0 Å². The average molecular weight is 157 g/mol. The largest absolute Gasteiger partial charge is 0.507 e. The zero-order chi connectivity index (χ0) is 8.55. The predicted molar refractivity (Wildman–Crippen MR) is 50.1 cm³/mol. The molecule has 2 aromatic rings. The molecule has 0 aromatic heterocycles. The lowest BCUT2D eigenvalue weighted by molar-refractivity contribution is 0.481. The van der Waals surface area contributed by atoms with Crippen LogP contribution < -0.4 is 0 Å². The molecule has 1 radical (unpaired) electrons. The minimum absolute atomic E-state index is 0.304. The average Bonchev–Trinajstić information content (AvgIpc) is 2.04. The van der Waals surface area contributed by atoms with Gasteiger partial charge in [0.05, 0.1) is 0 Å². The number of fused-ring (bicyclic) bond motifs is 1. The lowest BCUT2D eigenvalue weighted by atomic mass is 10.1. The number of phenolic OH excluding ortho intramolecular Hbond substituents is 1. The summed E-state index contributed by atoms with van der Waals surface area (Å²) in [5.41, 5.74) is 0.866. The molecule has 0 heterocycles. The number of hydrogen-bond donors (Lipinski definition) is 1. The van der Waals surface area contributed by atoms with Gasteiger partial charge in [0, 0.05) is 5.39 Å². The highest BCUT2D eigenvalue weighted by Crippen LogP contribution is 2.26. The molecule has 0 saturated heterocycles. The second-order valence-electron chi connectivity index (χ2n) is 2.79. The number of phenols is 1. The number of rotatable bonds is 0. The van der Waals surface area contributed by atoms with Crippen LogP contribution in [0.15, 0.2) is 36.4 Å². The van der Waals surface area contributed by atoms with Gasteiger partial charge >= 0.3 is 0 Å². The van der Waals surface area contributed by atoms with Gasteiger partial charge in [-0.3, -0.25) is 0 Å². The monoisotopic (exact) mass is 157 g/mol. The quantitative estimate of drug-likeness (QED) is 0.623. The molecule has 0 unspecified atom stereocenters. The molecule has 0 atom stereocenters. The molecule has 12 heavy (non-hydrogen) atoms. The van der Waals surface area contributed by atoms with Crippen molar-refractivity contribution in [2.24, 2.45) is 0 Å². The Kier molecular flexibility index (Phi) is 1.51. The van der Waals surface area contributed by atoms with E-state index in [-0.39, 0.29) is 0 Å². The van der Waals surface area contributed by atoms with Crippen LogP contribution >= 0.6 is 0 Å². The second-order valence-corrected chi connectivity index (χ2v) is 2.79. The Bertz CT molecular complexity index is 382. The van der Waals surface area contributed by atoms with Crippen molar-refractivity contribution in [1.29, 1.82) is 0 Å². The third kappa shape index (κ3) is 0.944. The molecular weight excluding hydrogens is 148 g/mol. The van der Waals surface area contributed by atoms with Crippen molar-refractivity contribution in [2.45, 2.75) is 0 Å². The molecule has 0 bridgehead atoms. The summed E-state index contributed by atoms with van der Waals surface area (Å²) in [6.07, 6.45) is 0. The topological polar surface area (TPSA) is 20.2 Å². The summed E-state index contributed by atoms with van der Waals surface area (Å²) in [6.45, 7) is 3.85. The molecular formula is C11H9O. The fraction of sp³-hybridized carbons (Fsp3) is 0. The normalized spacial score (nSPS) is 10.4. The van der Waals surface area contributed by atoms with Gasteiger partial charge in [0.2, 0.25) is 0 Å². The van der Waals surface area contributed by atoms with E-state index in [0.29, 0.717) is 5.75 Å². The van der Waals surface area contributed by atoms with Crippen LogP contribution in [0.2, 0.25) is 0 Å². The third-order valence-corrected chi connectivity index (χ3v) is 1.97. The summed E-state index contributed by atoms with van der Waals surface area (Å²) >= 11 is 0. The van der Waals surface area contributed by atoms with Gasteiger partial charge in [-0.05, 0) is 23.9 Å². The summed E-state index contributed by atoms with van der Waals surface area (Å²) in [5, 5.41) is 11.4. The highest BCUT2D eigenvalue weighted by Gasteiger charge is 1.99. The van der Waals surface area contributed by atoms with Gasteiger partial charge in [-0.2, -0.15) is 0 Å². The lowest BCUT2D eigenvalue weighted by Crippen LogP contribution is -1.77. The first-order valence-electron chi connectivity index (χ1n) is 3.82. The molecule has 0 aliphatic carbocycles. The second kappa shape index (κ2) is 2.52. The Labute approximate surface area is 71.3 Å². The summed E-state index contributed by atoms with van der Waals surface area (Å²) < 4.78 is 0. The van der Waals surface area contributed by atoms with E-state index in [1.54, 1.807) is 6.07 Å². The van der Waals surface area contributed by atoms with Gasteiger partial charge in [-0.1, -0.05) is 30.3 Å². The maximum Gasteiger partial charge on any atom is 0.123 e. The molecule has 2 aromatic carbocycles. The van der Waals surface area contributed by atoms with Crippen molar-refractivity contribution in [3.05, 3.63) is 48.9 Å². The first-order valence-corrected chi connectivity index (χ1v) is 3.82. The summed E-state index contributed by atoms with van der Waals surface area (Å²) in [7, 11) is 0. The van der Waals surface area contributed by atoms with Gasteiger partial charge in [0.1, 0.15) is 5.75 Å². The van der Waals surface area contributed by atoms with E-state index < -0.39 is 0 Å². The van der Waals surface area contributed by atoms with E-state index in [1.807, 2.05) is 30.3 Å². The van der Waals surface area contributed by atoms with Crippen molar-refractivity contribution in [3.63, 3.8) is 0 Å². The van der Waals surface area contributed by atoms with E-state index in [1.165, 1.54) is 0 Å². The van der Waals surface area contributed by atoms with Crippen molar-refractivity contribution in [1.82, 2.24) is 0 Å². The molecule has 0 aliphatic rings. The summed E-state index contributed by atoms with van der Waals surface area (Å²) in [4.78, 5) is 0. The standard InChI is InChI=1S/C11H9O/c1-8-4-2-5-9-6-3-7-10(12)11(8)9/h2-7,12H,1H2. The maximum atomic E-state index is 9.51. The minimum atomic E-state index is 0.304. The smallest absolute Gasteiger partial charge is 0.123 e. The summed E-state index contributed by atoms with van der Waals surface area (Å²) in [6, 6.07) is 11.3. The van der Waals surface area contributed by atoms with Crippen molar-refractivity contribution < 1.29 is 5.11 Å². The van der Waals surface area contributed by atoms with Crippen LogP contribution in [0.4, 0.5) is 0 Å².